The lowest BCUT2D eigenvalue weighted by atomic mass is 9.94. The van der Waals surface area contributed by atoms with E-state index in [-0.39, 0.29) is 19.3 Å². The largest absolute Gasteiger partial charge is 0.623 e. The number of hydrogen-bond donors (Lipinski definition) is 0. The maximum atomic E-state index is 11.7. The predicted molar refractivity (Wildman–Crippen MR) is 96.6 cm³/mol. The Kier molecular flexibility index (Phi) is 6.41. The molecule has 0 aromatic heterocycles. The Bertz CT molecular complexity index is 649. The number of ether oxygens (including phenoxy) is 3. The highest BCUT2D eigenvalue weighted by molar-refractivity contribution is 6.20. The van der Waals surface area contributed by atoms with Crippen LogP contribution in [0.5, 0.6) is 0 Å². The molecular weight excluding hydrogens is 334 g/mol. The number of hydrogen-bond acceptors (Lipinski definition) is 5. The fourth-order valence-electron chi connectivity index (χ4n) is 3.33. The molecule has 0 amide bonds. The van der Waals surface area contributed by atoms with Crippen molar-refractivity contribution in [2.75, 3.05) is 13.2 Å². The maximum Gasteiger partial charge on any atom is 0.396 e. The molecule has 1 aliphatic heterocycles. The van der Waals surface area contributed by atoms with Gasteiger partial charge in [-0.1, -0.05) is 42.8 Å². The number of nitrogens with zero attached hydrogens (tertiary/aromatic N) is 1. The summed E-state index contributed by atoms with van der Waals surface area (Å²) < 4.78 is 17.5. The summed E-state index contributed by atoms with van der Waals surface area (Å²) in [4.78, 5) is 11.7. The van der Waals surface area contributed by atoms with E-state index in [4.69, 9.17) is 14.2 Å². The number of carbonyl (C=O) groups excluding carboxylic acids is 1. The van der Waals surface area contributed by atoms with E-state index in [0.29, 0.717) is 11.3 Å². The van der Waals surface area contributed by atoms with Crippen molar-refractivity contribution in [2.45, 2.75) is 50.5 Å². The van der Waals surface area contributed by atoms with Crippen LogP contribution in [-0.4, -0.2) is 42.0 Å². The van der Waals surface area contributed by atoms with Crippen molar-refractivity contribution in [3.8, 4) is 0 Å². The van der Waals surface area contributed by atoms with Gasteiger partial charge < -0.3 is 19.4 Å². The van der Waals surface area contributed by atoms with Gasteiger partial charge in [-0.25, -0.2) is 9.53 Å². The third-order valence-electron chi connectivity index (χ3n) is 4.60. The van der Waals surface area contributed by atoms with Crippen molar-refractivity contribution in [1.29, 1.82) is 0 Å². The van der Waals surface area contributed by atoms with E-state index in [1.165, 1.54) is 6.42 Å². The van der Waals surface area contributed by atoms with Crippen molar-refractivity contribution in [1.82, 2.24) is 0 Å². The Morgan fingerprint density at radius 1 is 1.27 bits per heavy atom. The molecule has 2 aliphatic rings. The molecular formula is C20H25NO5. The third-order valence-corrected chi connectivity index (χ3v) is 4.60. The first-order valence-corrected chi connectivity index (χ1v) is 9.13. The van der Waals surface area contributed by atoms with Crippen LogP contribution < -0.4 is 0 Å². The highest BCUT2D eigenvalue weighted by Crippen LogP contribution is 2.37. The monoisotopic (exact) mass is 359 g/mol. The number of hydroxylamine groups is 1. The van der Waals surface area contributed by atoms with E-state index in [0.717, 1.165) is 37.5 Å². The molecule has 0 N–H and O–H groups in total. The Morgan fingerprint density at radius 3 is 2.81 bits per heavy atom. The minimum Gasteiger partial charge on any atom is -0.623 e. The summed E-state index contributed by atoms with van der Waals surface area (Å²) in [7, 11) is 0. The van der Waals surface area contributed by atoms with E-state index >= 15 is 0 Å². The van der Waals surface area contributed by atoms with Crippen molar-refractivity contribution < 1.29 is 23.7 Å². The average Bonchev–Trinajstić information content (AvgIpc) is 3.02. The Balaban J connectivity index is 1.38. The van der Waals surface area contributed by atoms with Crippen molar-refractivity contribution in [3.05, 3.63) is 53.3 Å². The normalized spacial score (nSPS) is 22.8. The van der Waals surface area contributed by atoms with Gasteiger partial charge in [-0.15, -0.1) is 0 Å². The van der Waals surface area contributed by atoms with Gasteiger partial charge in [0.1, 0.15) is 12.7 Å². The van der Waals surface area contributed by atoms with Crippen LogP contribution >= 0.6 is 0 Å². The van der Waals surface area contributed by atoms with Gasteiger partial charge in [0.05, 0.1) is 6.61 Å². The van der Waals surface area contributed by atoms with Crippen LogP contribution in [0.2, 0.25) is 0 Å². The summed E-state index contributed by atoms with van der Waals surface area (Å²) in [6.07, 6.45) is 9.81. The summed E-state index contributed by atoms with van der Waals surface area (Å²) >= 11 is 0. The van der Waals surface area contributed by atoms with Crippen LogP contribution in [0.1, 0.15) is 37.7 Å². The Morgan fingerprint density at radius 2 is 2.04 bits per heavy atom. The van der Waals surface area contributed by atoms with Crippen LogP contribution in [0.3, 0.4) is 0 Å². The van der Waals surface area contributed by atoms with Crippen LogP contribution in [0.4, 0.5) is 0 Å². The summed E-state index contributed by atoms with van der Waals surface area (Å²) in [5.41, 5.74) is 0.835. The van der Waals surface area contributed by atoms with Crippen molar-refractivity contribution in [3.63, 3.8) is 0 Å². The van der Waals surface area contributed by atoms with E-state index in [1.54, 1.807) is 6.08 Å². The molecule has 6 nitrogen and oxygen atoms in total. The molecule has 26 heavy (non-hydrogen) atoms. The van der Waals surface area contributed by atoms with Gasteiger partial charge in [-0.2, -0.15) is 0 Å². The van der Waals surface area contributed by atoms with Gasteiger partial charge in [-0.05, 0) is 18.9 Å². The molecule has 1 atom stereocenters. The summed E-state index contributed by atoms with van der Waals surface area (Å²) in [6, 6.07) is 9.22. The molecule has 1 saturated carbocycles. The number of benzene rings is 1. The summed E-state index contributed by atoms with van der Waals surface area (Å²) in [5, 5.41) is 11.7. The number of esters is 1. The lowest BCUT2D eigenvalue weighted by molar-refractivity contribution is -0.469. The Hall–Kier alpha value is -2.18. The first kappa shape index (κ1) is 18.6. The molecule has 140 valence electrons. The van der Waals surface area contributed by atoms with Crippen LogP contribution in [0.25, 0.3) is 0 Å². The molecule has 1 aromatic carbocycles. The fourth-order valence-corrected chi connectivity index (χ4v) is 3.33. The molecule has 1 unspecified atom stereocenters. The topological polar surface area (TPSA) is 70.8 Å². The molecule has 6 heteroatoms. The minimum absolute atomic E-state index is 0.0986. The molecule has 0 radical (unpaired) electrons. The fraction of sp³-hybridized carbons (Fsp3) is 0.500. The SMILES string of the molecule is O=C(/C=[N+](\[O-])Cc1ccccc1)OC/C=C\C1COC2(CCCCC2)O1. The van der Waals surface area contributed by atoms with Gasteiger partial charge in [0.2, 0.25) is 0 Å². The van der Waals surface area contributed by atoms with E-state index in [2.05, 4.69) is 0 Å². The van der Waals surface area contributed by atoms with Gasteiger partial charge in [0, 0.05) is 18.4 Å². The first-order valence-electron chi connectivity index (χ1n) is 9.13. The molecule has 0 bridgehead atoms. The van der Waals surface area contributed by atoms with Crippen molar-refractivity contribution in [2.24, 2.45) is 0 Å². The highest BCUT2D eigenvalue weighted by Gasteiger charge is 2.41. The van der Waals surface area contributed by atoms with Crippen molar-refractivity contribution >= 4 is 12.2 Å². The Labute approximate surface area is 153 Å². The van der Waals surface area contributed by atoms with Crippen LogP contribution in [0, 0.1) is 5.21 Å². The minimum atomic E-state index is -0.659. The quantitative estimate of drug-likeness (QED) is 0.195. The molecule has 1 saturated heterocycles. The number of rotatable bonds is 6. The molecule has 1 heterocycles. The van der Waals surface area contributed by atoms with E-state index in [9.17, 15) is 10.0 Å². The molecule has 3 rings (SSSR count). The second-order valence-electron chi connectivity index (χ2n) is 6.69. The van der Waals surface area contributed by atoms with E-state index in [1.807, 2.05) is 36.4 Å². The predicted octanol–water partition coefficient (Wildman–Crippen LogP) is 2.94. The maximum absolute atomic E-state index is 11.7. The zero-order valence-corrected chi connectivity index (χ0v) is 14.8. The number of carbonyl (C=O) groups is 1. The van der Waals surface area contributed by atoms with Crippen LogP contribution in [-0.2, 0) is 25.5 Å². The lowest BCUT2D eigenvalue weighted by Gasteiger charge is -2.31. The first-order chi connectivity index (χ1) is 12.7. The second-order valence-corrected chi connectivity index (χ2v) is 6.69. The second kappa shape index (κ2) is 8.96. The van der Waals surface area contributed by atoms with Gasteiger partial charge in [-0.3, -0.25) is 0 Å². The molecule has 1 aromatic rings. The van der Waals surface area contributed by atoms with E-state index < -0.39 is 11.8 Å². The zero-order chi connectivity index (χ0) is 18.2. The van der Waals surface area contributed by atoms with Gasteiger partial charge in [0.25, 0.3) is 6.21 Å². The zero-order valence-electron chi connectivity index (χ0n) is 14.8. The average molecular weight is 359 g/mol. The molecule has 1 aliphatic carbocycles. The van der Waals surface area contributed by atoms with Gasteiger partial charge in [0.15, 0.2) is 12.3 Å². The lowest BCUT2D eigenvalue weighted by Crippen LogP contribution is -2.33. The summed E-state index contributed by atoms with van der Waals surface area (Å²) in [6.45, 7) is 0.741. The smallest absolute Gasteiger partial charge is 0.396 e. The molecule has 1 spiro atoms. The summed E-state index contributed by atoms with van der Waals surface area (Å²) in [5.74, 6) is -1.06. The third kappa shape index (κ3) is 5.41. The highest BCUT2D eigenvalue weighted by atomic mass is 16.7. The standard InChI is InChI=1S/C20H25NO5/c22-19(15-21(23)14-17-8-3-1-4-9-17)24-13-7-10-18-16-25-20(26-18)11-5-2-6-12-20/h1,3-4,7-10,15,18H,2,5-6,11-14,16H2/b10-7-,21-15-. The van der Waals surface area contributed by atoms with Gasteiger partial charge >= 0.3 is 5.97 Å². The van der Waals surface area contributed by atoms with Crippen LogP contribution in [0.15, 0.2) is 42.5 Å². The molecule has 2 fully saturated rings.